The number of rotatable bonds is 1. The second kappa shape index (κ2) is 3.99. The SMILES string of the molecule is Cn1cc(N)cc1C(=O)N1CCC2(C1)NC(=O)NC2=O. The lowest BCUT2D eigenvalue weighted by Crippen LogP contribution is -2.49. The highest BCUT2D eigenvalue weighted by atomic mass is 16.2. The molecular formula is C12H15N5O3. The van der Waals surface area contributed by atoms with Crippen molar-refractivity contribution < 1.29 is 14.4 Å². The summed E-state index contributed by atoms with van der Waals surface area (Å²) in [5.41, 5.74) is 5.65. The average Bonchev–Trinajstić information content (AvgIpc) is 3.00. The van der Waals surface area contributed by atoms with Gasteiger partial charge in [-0.2, -0.15) is 0 Å². The van der Waals surface area contributed by atoms with Crippen LogP contribution in [0.1, 0.15) is 16.9 Å². The van der Waals surface area contributed by atoms with Crippen molar-refractivity contribution in [2.75, 3.05) is 18.8 Å². The fourth-order valence-electron chi connectivity index (χ4n) is 2.76. The number of aryl methyl sites for hydroxylation is 1. The molecule has 4 amide bonds. The molecule has 1 atom stereocenters. The van der Waals surface area contributed by atoms with E-state index in [-0.39, 0.29) is 18.4 Å². The average molecular weight is 277 g/mol. The van der Waals surface area contributed by atoms with Crippen LogP contribution in [-0.2, 0) is 11.8 Å². The van der Waals surface area contributed by atoms with E-state index in [1.165, 1.54) is 0 Å². The molecule has 1 aromatic rings. The molecule has 0 radical (unpaired) electrons. The molecule has 3 rings (SSSR count). The summed E-state index contributed by atoms with van der Waals surface area (Å²) in [6, 6.07) is 1.09. The van der Waals surface area contributed by atoms with Gasteiger partial charge in [-0.3, -0.25) is 14.9 Å². The van der Waals surface area contributed by atoms with Crippen LogP contribution in [-0.4, -0.2) is 45.9 Å². The molecule has 0 aromatic carbocycles. The van der Waals surface area contributed by atoms with Gasteiger partial charge in [0.05, 0.1) is 12.2 Å². The van der Waals surface area contributed by atoms with Crippen LogP contribution in [0.2, 0.25) is 0 Å². The van der Waals surface area contributed by atoms with Crippen molar-refractivity contribution in [2.24, 2.45) is 7.05 Å². The van der Waals surface area contributed by atoms with E-state index < -0.39 is 11.6 Å². The minimum atomic E-state index is -0.983. The predicted octanol–water partition coefficient (Wildman–Crippen LogP) is -0.969. The van der Waals surface area contributed by atoms with Crippen LogP contribution in [0.4, 0.5) is 10.5 Å². The Balaban J connectivity index is 1.81. The lowest BCUT2D eigenvalue weighted by Gasteiger charge is -2.21. The highest BCUT2D eigenvalue weighted by Gasteiger charge is 2.51. The number of nitrogens with zero attached hydrogens (tertiary/aromatic N) is 2. The van der Waals surface area contributed by atoms with Crippen molar-refractivity contribution in [3.05, 3.63) is 18.0 Å². The van der Waals surface area contributed by atoms with Gasteiger partial charge < -0.3 is 20.5 Å². The van der Waals surface area contributed by atoms with E-state index in [1.807, 2.05) is 0 Å². The Morgan fingerprint density at radius 1 is 1.45 bits per heavy atom. The molecular weight excluding hydrogens is 262 g/mol. The number of carbonyl (C=O) groups excluding carboxylic acids is 3. The van der Waals surface area contributed by atoms with Gasteiger partial charge in [-0.25, -0.2) is 4.79 Å². The molecule has 3 heterocycles. The molecule has 0 aliphatic carbocycles. The third-order valence-corrected chi connectivity index (χ3v) is 3.82. The number of likely N-dealkylation sites (tertiary alicyclic amines) is 1. The molecule has 0 bridgehead atoms. The normalized spacial score (nSPS) is 25.1. The van der Waals surface area contributed by atoms with E-state index in [9.17, 15) is 14.4 Å². The summed E-state index contributed by atoms with van der Waals surface area (Å²) in [4.78, 5) is 37.0. The topological polar surface area (TPSA) is 109 Å². The van der Waals surface area contributed by atoms with Crippen molar-refractivity contribution >= 4 is 23.5 Å². The van der Waals surface area contributed by atoms with Crippen LogP contribution in [0.15, 0.2) is 12.3 Å². The van der Waals surface area contributed by atoms with Gasteiger partial charge in [0.25, 0.3) is 11.8 Å². The smallest absolute Gasteiger partial charge is 0.322 e. The number of nitrogens with two attached hydrogens (primary N) is 1. The zero-order chi connectivity index (χ0) is 14.5. The molecule has 4 N–H and O–H groups in total. The van der Waals surface area contributed by atoms with Gasteiger partial charge >= 0.3 is 6.03 Å². The highest BCUT2D eigenvalue weighted by molar-refractivity contribution is 6.08. The van der Waals surface area contributed by atoms with Crippen LogP contribution in [0, 0.1) is 0 Å². The van der Waals surface area contributed by atoms with E-state index in [0.29, 0.717) is 24.3 Å². The molecule has 8 nitrogen and oxygen atoms in total. The number of nitrogen functional groups attached to an aromatic ring is 1. The lowest BCUT2D eigenvalue weighted by molar-refractivity contribution is -0.123. The van der Waals surface area contributed by atoms with E-state index in [4.69, 9.17) is 5.73 Å². The minimum absolute atomic E-state index is 0.175. The molecule has 8 heteroatoms. The first-order valence-electron chi connectivity index (χ1n) is 6.26. The van der Waals surface area contributed by atoms with Gasteiger partial charge in [0, 0.05) is 19.8 Å². The van der Waals surface area contributed by atoms with Crippen LogP contribution >= 0.6 is 0 Å². The number of carbonyl (C=O) groups is 3. The number of hydrogen-bond acceptors (Lipinski definition) is 4. The van der Waals surface area contributed by atoms with Gasteiger partial charge in [0.1, 0.15) is 11.2 Å². The van der Waals surface area contributed by atoms with Crippen molar-refractivity contribution in [2.45, 2.75) is 12.0 Å². The largest absolute Gasteiger partial charge is 0.397 e. The maximum atomic E-state index is 12.4. The summed E-state index contributed by atoms with van der Waals surface area (Å²) in [6.45, 7) is 0.589. The van der Waals surface area contributed by atoms with E-state index >= 15 is 0 Å². The number of anilines is 1. The van der Waals surface area contributed by atoms with Crippen LogP contribution in [0.3, 0.4) is 0 Å². The van der Waals surface area contributed by atoms with Crippen molar-refractivity contribution in [3.63, 3.8) is 0 Å². The van der Waals surface area contributed by atoms with Gasteiger partial charge in [-0.1, -0.05) is 0 Å². The lowest BCUT2D eigenvalue weighted by atomic mass is 10.00. The molecule has 1 aromatic heterocycles. The standard InChI is InChI=1S/C12H15N5O3/c1-16-5-7(13)4-8(16)9(18)17-3-2-12(6-17)10(19)14-11(20)15-12/h4-5H,2-3,6,13H2,1H3,(H2,14,15,19,20). The number of nitrogens with one attached hydrogen (secondary N) is 2. The molecule has 2 saturated heterocycles. The fraction of sp³-hybridized carbons (Fsp3) is 0.417. The summed E-state index contributed by atoms with van der Waals surface area (Å²) < 4.78 is 1.65. The first-order valence-corrected chi connectivity index (χ1v) is 6.26. The van der Waals surface area contributed by atoms with E-state index in [0.717, 1.165) is 0 Å². The molecule has 106 valence electrons. The third kappa shape index (κ3) is 1.72. The molecule has 2 aliphatic rings. The second-order valence-corrected chi connectivity index (χ2v) is 5.24. The highest BCUT2D eigenvalue weighted by Crippen LogP contribution is 2.26. The number of urea groups is 1. The molecule has 20 heavy (non-hydrogen) atoms. The third-order valence-electron chi connectivity index (χ3n) is 3.82. The van der Waals surface area contributed by atoms with Crippen molar-refractivity contribution in [3.8, 4) is 0 Å². The van der Waals surface area contributed by atoms with Crippen LogP contribution < -0.4 is 16.4 Å². The van der Waals surface area contributed by atoms with Gasteiger partial charge in [-0.05, 0) is 12.5 Å². The Kier molecular flexibility index (Phi) is 2.50. The summed E-state index contributed by atoms with van der Waals surface area (Å²) in [5.74, 6) is -0.570. The monoisotopic (exact) mass is 277 g/mol. The number of hydrogen-bond donors (Lipinski definition) is 3. The molecule has 1 spiro atoms. The van der Waals surface area contributed by atoms with Crippen molar-refractivity contribution in [1.29, 1.82) is 0 Å². The van der Waals surface area contributed by atoms with E-state index in [2.05, 4.69) is 10.6 Å². The predicted molar refractivity (Wildman–Crippen MR) is 69.8 cm³/mol. The summed E-state index contributed by atoms with van der Waals surface area (Å²) >= 11 is 0. The Hall–Kier alpha value is -2.51. The Labute approximate surface area is 114 Å². The van der Waals surface area contributed by atoms with Crippen LogP contribution in [0.5, 0.6) is 0 Å². The zero-order valence-electron chi connectivity index (χ0n) is 11.0. The quantitative estimate of drug-likeness (QED) is 0.574. The fourth-order valence-corrected chi connectivity index (χ4v) is 2.76. The molecule has 2 fully saturated rings. The maximum absolute atomic E-state index is 12.4. The van der Waals surface area contributed by atoms with Crippen LogP contribution in [0.25, 0.3) is 0 Å². The molecule has 2 aliphatic heterocycles. The van der Waals surface area contributed by atoms with Gasteiger partial charge in [-0.15, -0.1) is 0 Å². The first-order chi connectivity index (χ1) is 9.41. The molecule has 0 saturated carbocycles. The number of amides is 4. The Morgan fingerprint density at radius 2 is 2.20 bits per heavy atom. The van der Waals surface area contributed by atoms with Gasteiger partial charge in [0.2, 0.25) is 0 Å². The summed E-state index contributed by atoms with van der Waals surface area (Å²) in [6.07, 6.45) is 2.07. The second-order valence-electron chi connectivity index (χ2n) is 5.24. The zero-order valence-corrected chi connectivity index (χ0v) is 11.0. The van der Waals surface area contributed by atoms with E-state index in [1.54, 1.807) is 28.8 Å². The maximum Gasteiger partial charge on any atom is 0.322 e. The molecule has 1 unspecified atom stereocenters. The van der Waals surface area contributed by atoms with Gasteiger partial charge in [0.15, 0.2) is 0 Å². The van der Waals surface area contributed by atoms with Crippen molar-refractivity contribution in [1.82, 2.24) is 20.1 Å². The summed E-state index contributed by atoms with van der Waals surface area (Å²) in [7, 11) is 1.74. The Morgan fingerprint density at radius 3 is 2.75 bits per heavy atom. The minimum Gasteiger partial charge on any atom is -0.397 e. The number of imide groups is 1. The Bertz CT molecular complexity index is 623. The first kappa shape index (κ1) is 12.5. The number of aromatic nitrogens is 1. The summed E-state index contributed by atoms with van der Waals surface area (Å²) in [5, 5.41) is 4.82.